The van der Waals surface area contributed by atoms with E-state index in [4.69, 9.17) is 4.74 Å². The molecule has 4 aromatic rings. The van der Waals surface area contributed by atoms with Crippen LogP contribution in [0.2, 0.25) is 0 Å². The number of halogens is 3. The monoisotopic (exact) mass is 538 g/mol. The third kappa shape index (κ3) is 6.60. The molecule has 1 aromatic heterocycles. The number of aliphatic carboxylic acids is 1. The van der Waals surface area contributed by atoms with Crippen LogP contribution in [0, 0.1) is 0 Å². The molecule has 0 saturated heterocycles. The smallest absolute Gasteiger partial charge is 0.416 e. The summed E-state index contributed by atoms with van der Waals surface area (Å²) in [5.41, 5.74) is 0.437. The summed E-state index contributed by atoms with van der Waals surface area (Å²) in [6.45, 7) is 4.93. The molecule has 0 aliphatic carbocycles. The fourth-order valence-corrected chi connectivity index (χ4v) is 4.51. The molecule has 0 aliphatic heterocycles. The van der Waals surface area contributed by atoms with Crippen LogP contribution in [0.1, 0.15) is 49.2 Å². The van der Waals surface area contributed by atoms with Crippen molar-refractivity contribution in [3.05, 3.63) is 107 Å². The van der Waals surface area contributed by atoms with Crippen molar-refractivity contribution in [2.75, 3.05) is 0 Å². The number of benzene rings is 3. The van der Waals surface area contributed by atoms with E-state index in [1.165, 1.54) is 17.0 Å². The first-order valence-electron chi connectivity index (χ1n) is 12.3. The van der Waals surface area contributed by atoms with Crippen molar-refractivity contribution in [3.8, 4) is 0 Å². The molecule has 0 aliphatic rings. The Hall–Kier alpha value is -4.27. The number of rotatable bonds is 7. The van der Waals surface area contributed by atoms with Gasteiger partial charge in [0.2, 0.25) is 0 Å². The molecule has 6 nitrogen and oxygen atoms in total. The number of carboxylic acids is 1. The Balaban J connectivity index is 1.92. The van der Waals surface area contributed by atoms with Crippen LogP contribution in [-0.4, -0.2) is 32.2 Å². The number of para-hydroxylation sites is 1. The zero-order valence-corrected chi connectivity index (χ0v) is 21.8. The second kappa shape index (κ2) is 10.8. The van der Waals surface area contributed by atoms with Gasteiger partial charge in [0.1, 0.15) is 11.8 Å². The third-order valence-electron chi connectivity index (χ3n) is 6.06. The van der Waals surface area contributed by atoms with Gasteiger partial charge in [-0.25, -0.2) is 4.79 Å². The molecule has 4 rings (SSSR count). The molecule has 1 heterocycles. The van der Waals surface area contributed by atoms with Crippen molar-refractivity contribution in [3.63, 3.8) is 0 Å². The van der Waals surface area contributed by atoms with Crippen molar-refractivity contribution in [1.29, 1.82) is 0 Å². The average Bonchev–Trinajstić information content (AvgIpc) is 3.20. The number of aromatic nitrogens is 1. The predicted octanol–water partition coefficient (Wildman–Crippen LogP) is 7.27. The largest absolute Gasteiger partial charge is 0.481 e. The lowest BCUT2D eigenvalue weighted by Gasteiger charge is -2.35. The molecule has 39 heavy (non-hydrogen) atoms. The van der Waals surface area contributed by atoms with Gasteiger partial charge in [0.05, 0.1) is 24.0 Å². The molecule has 0 spiro atoms. The fraction of sp³-hybridized carbons (Fsp3) is 0.267. The van der Waals surface area contributed by atoms with Crippen molar-refractivity contribution < 1.29 is 32.6 Å². The zero-order valence-electron chi connectivity index (χ0n) is 21.8. The molecule has 0 saturated carbocycles. The number of carboxylic acid groups (broad SMARTS) is 1. The first kappa shape index (κ1) is 27.8. The van der Waals surface area contributed by atoms with Crippen LogP contribution < -0.4 is 0 Å². The van der Waals surface area contributed by atoms with E-state index in [9.17, 15) is 27.9 Å². The standard InChI is InChI=1S/C30H29F3N2O4/c1-29(2,3)39-28(38)35(18-20-10-9-13-23(16-20)30(31,32)33)27(21-11-5-4-6-12-21)34-19-22(17-26(36)37)24-14-7-8-15-25(24)34/h4-16,19,27H,17-18H2,1-3H3,(H,36,37). The maximum Gasteiger partial charge on any atom is 0.416 e. The summed E-state index contributed by atoms with van der Waals surface area (Å²) in [6, 6.07) is 21.1. The Labute approximate surface area is 224 Å². The molecule has 204 valence electrons. The number of alkyl halides is 3. The average molecular weight is 539 g/mol. The quantitative estimate of drug-likeness (QED) is 0.269. The molecule has 0 radical (unpaired) electrons. The van der Waals surface area contributed by atoms with Crippen LogP contribution in [-0.2, 0) is 28.7 Å². The zero-order chi connectivity index (χ0) is 28.4. The minimum absolute atomic E-state index is 0.195. The summed E-state index contributed by atoms with van der Waals surface area (Å²) in [7, 11) is 0. The van der Waals surface area contributed by atoms with Gasteiger partial charge in [-0.15, -0.1) is 0 Å². The van der Waals surface area contributed by atoms with E-state index in [0.717, 1.165) is 12.1 Å². The minimum atomic E-state index is -4.55. The first-order chi connectivity index (χ1) is 18.3. The number of carbonyl (C=O) groups excluding carboxylic acids is 1. The van der Waals surface area contributed by atoms with E-state index in [1.807, 2.05) is 12.1 Å². The van der Waals surface area contributed by atoms with Gasteiger partial charge in [-0.2, -0.15) is 13.2 Å². The SMILES string of the molecule is CC(C)(C)OC(=O)N(Cc1cccc(C(F)(F)F)c1)C(c1ccccc1)n1cc(CC(=O)O)c2ccccc21. The van der Waals surface area contributed by atoms with Gasteiger partial charge in [-0.1, -0.05) is 60.7 Å². The molecule has 0 fully saturated rings. The summed E-state index contributed by atoms with van der Waals surface area (Å²) in [5.74, 6) is -1.01. The highest BCUT2D eigenvalue weighted by Crippen LogP contribution is 2.34. The predicted molar refractivity (Wildman–Crippen MR) is 141 cm³/mol. The van der Waals surface area contributed by atoms with Gasteiger partial charge in [-0.05, 0) is 55.7 Å². The fourth-order valence-electron chi connectivity index (χ4n) is 4.51. The molecule has 1 N–H and O–H groups in total. The summed E-state index contributed by atoms with van der Waals surface area (Å²) in [4.78, 5) is 26.7. The van der Waals surface area contributed by atoms with E-state index in [1.54, 1.807) is 74.0 Å². The Morgan fingerprint density at radius 1 is 0.949 bits per heavy atom. The van der Waals surface area contributed by atoms with Gasteiger partial charge in [0, 0.05) is 11.6 Å². The van der Waals surface area contributed by atoms with Crippen LogP contribution in [0.3, 0.4) is 0 Å². The molecule has 1 amide bonds. The first-order valence-corrected chi connectivity index (χ1v) is 12.3. The molecule has 3 aromatic carbocycles. The van der Waals surface area contributed by atoms with Crippen molar-refractivity contribution in [2.24, 2.45) is 0 Å². The van der Waals surface area contributed by atoms with Crippen LogP contribution in [0.5, 0.6) is 0 Å². The topological polar surface area (TPSA) is 71.8 Å². The van der Waals surface area contributed by atoms with E-state index in [-0.39, 0.29) is 18.5 Å². The number of amides is 1. The lowest BCUT2D eigenvalue weighted by molar-refractivity contribution is -0.138. The second-order valence-corrected chi connectivity index (χ2v) is 10.2. The van der Waals surface area contributed by atoms with E-state index in [2.05, 4.69) is 0 Å². The highest BCUT2D eigenvalue weighted by molar-refractivity contribution is 5.88. The normalized spacial score (nSPS) is 12.8. The number of hydrogen-bond donors (Lipinski definition) is 1. The van der Waals surface area contributed by atoms with E-state index in [0.29, 0.717) is 22.0 Å². The Morgan fingerprint density at radius 3 is 2.26 bits per heavy atom. The lowest BCUT2D eigenvalue weighted by Crippen LogP contribution is -2.41. The third-order valence-corrected chi connectivity index (χ3v) is 6.06. The highest BCUT2D eigenvalue weighted by atomic mass is 19.4. The van der Waals surface area contributed by atoms with E-state index < -0.39 is 35.6 Å². The summed E-state index contributed by atoms with van der Waals surface area (Å²) in [5, 5.41) is 10.2. The molecule has 1 unspecified atom stereocenters. The number of carbonyl (C=O) groups is 2. The number of fused-ring (bicyclic) bond motifs is 1. The van der Waals surface area contributed by atoms with Crippen molar-refractivity contribution in [2.45, 2.75) is 51.7 Å². The Kier molecular flexibility index (Phi) is 7.72. The van der Waals surface area contributed by atoms with Gasteiger partial charge >= 0.3 is 18.2 Å². The van der Waals surface area contributed by atoms with Gasteiger partial charge in [0.15, 0.2) is 0 Å². The summed E-state index contributed by atoms with van der Waals surface area (Å²) >= 11 is 0. The Bertz CT molecular complexity index is 1470. The molecular formula is C30H29F3N2O4. The number of ether oxygens (including phenoxy) is 1. The van der Waals surface area contributed by atoms with Crippen LogP contribution in [0.4, 0.5) is 18.0 Å². The summed E-state index contributed by atoms with van der Waals surface area (Å²) in [6.07, 6.45) is -4.70. The van der Waals surface area contributed by atoms with Crippen LogP contribution >= 0.6 is 0 Å². The maximum absolute atomic E-state index is 13.7. The minimum Gasteiger partial charge on any atom is -0.481 e. The highest BCUT2D eigenvalue weighted by Gasteiger charge is 2.34. The van der Waals surface area contributed by atoms with E-state index >= 15 is 0 Å². The summed E-state index contributed by atoms with van der Waals surface area (Å²) < 4.78 is 48.0. The van der Waals surface area contributed by atoms with Crippen LogP contribution in [0.15, 0.2) is 85.1 Å². The van der Waals surface area contributed by atoms with Gasteiger partial charge < -0.3 is 14.4 Å². The molecular weight excluding hydrogens is 509 g/mol. The van der Waals surface area contributed by atoms with Crippen molar-refractivity contribution in [1.82, 2.24) is 9.47 Å². The molecule has 0 bridgehead atoms. The second-order valence-electron chi connectivity index (χ2n) is 10.2. The number of nitrogens with zero attached hydrogens (tertiary/aromatic N) is 2. The van der Waals surface area contributed by atoms with Crippen LogP contribution in [0.25, 0.3) is 10.9 Å². The number of hydrogen-bond acceptors (Lipinski definition) is 3. The van der Waals surface area contributed by atoms with Gasteiger partial charge in [-0.3, -0.25) is 9.69 Å². The molecule has 9 heteroatoms. The Morgan fingerprint density at radius 2 is 1.62 bits per heavy atom. The lowest BCUT2D eigenvalue weighted by atomic mass is 10.1. The van der Waals surface area contributed by atoms with Gasteiger partial charge in [0.25, 0.3) is 0 Å². The maximum atomic E-state index is 13.7. The molecule has 1 atom stereocenters. The van der Waals surface area contributed by atoms with Crippen molar-refractivity contribution >= 4 is 23.0 Å².